The van der Waals surface area contributed by atoms with Gasteiger partial charge in [-0.05, 0) is 18.1 Å². The molecule has 0 aliphatic rings. The molecule has 0 aliphatic carbocycles. The monoisotopic (exact) mass is 298 g/mol. The second-order valence-electron chi connectivity index (χ2n) is 5.48. The summed E-state index contributed by atoms with van der Waals surface area (Å²) in [6, 6.07) is 7.78. The third-order valence-electron chi connectivity index (χ3n) is 3.44. The van der Waals surface area contributed by atoms with Crippen molar-refractivity contribution in [2.75, 3.05) is 0 Å². The van der Waals surface area contributed by atoms with E-state index in [4.69, 9.17) is 0 Å². The van der Waals surface area contributed by atoms with Crippen LogP contribution in [0.25, 0.3) is 0 Å². The first-order chi connectivity index (χ1) is 10.4. The van der Waals surface area contributed by atoms with E-state index >= 15 is 0 Å². The molecule has 0 spiro atoms. The molecular weight excluding hydrogens is 280 g/mol. The summed E-state index contributed by atoms with van der Waals surface area (Å²) in [6.45, 7) is 5.41. The fourth-order valence-electron chi connectivity index (χ4n) is 2.14. The first-order valence-corrected chi connectivity index (χ1v) is 7.08. The van der Waals surface area contributed by atoms with Gasteiger partial charge in [-0.2, -0.15) is 0 Å². The largest absolute Gasteiger partial charge is 0.476 e. The Morgan fingerprint density at radius 1 is 1.23 bits per heavy atom. The fourth-order valence-corrected chi connectivity index (χ4v) is 2.14. The van der Waals surface area contributed by atoms with Crippen molar-refractivity contribution in [1.29, 1.82) is 0 Å². The molecule has 114 valence electrons. The molecular formula is C17H18N2O3. The predicted octanol–water partition coefficient (Wildman–Crippen LogP) is 2.91. The van der Waals surface area contributed by atoms with E-state index in [1.165, 1.54) is 6.20 Å². The number of carbonyl (C=O) groups is 2. The Morgan fingerprint density at radius 3 is 2.50 bits per heavy atom. The Hall–Kier alpha value is -2.56. The molecule has 5 nitrogen and oxygen atoms in total. The molecule has 0 atom stereocenters. The number of carbonyl (C=O) groups excluding carboxylic acids is 1. The minimum absolute atomic E-state index is 0.0658. The van der Waals surface area contributed by atoms with Gasteiger partial charge >= 0.3 is 5.97 Å². The zero-order chi connectivity index (χ0) is 16.3. The van der Waals surface area contributed by atoms with Crippen LogP contribution in [0.15, 0.2) is 30.5 Å². The van der Waals surface area contributed by atoms with Crippen LogP contribution in [0.4, 0.5) is 0 Å². The lowest BCUT2D eigenvalue weighted by molar-refractivity contribution is 0.0683. The van der Waals surface area contributed by atoms with Gasteiger partial charge in [-0.1, -0.05) is 38.1 Å². The van der Waals surface area contributed by atoms with Crippen molar-refractivity contribution < 1.29 is 14.7 Å². The van der Waals surface area contributed by atoms with Crippen LogP contribution in [0.3, 0.4) is 0 Å². The molecule has 0 unspecified atom stereocenters. The third-order valence-corrected chi connectivity index (χ3v) is 3.44. The highest BCUT2D eigenvalue weighted by atomic mass is 16.4. The van der Waals surface area contributed by atoms with Gasteiger partial charge in [-0.25, -0.2) is 14.8 Å². The van der Waals surface area contributed by atoms with Crippen LogP contribution in [-0.2, 0) is 6.42 Å². The van der Waals surface area contributed by atoms with Crippen molar-refractivity contribution in [3.63, 3.8) is 0 Å². The van der Waals surface area contributed by atoms with Crippen LogP contribution in [0.1, 0.15) is 51.6 Å². The molecule has 1 N–H and O–H groups in total. The van der Waals surface area contributed by atoms with E-state index in [9.17, 15) is 14.7 Å². The van der Waals surface area contributed by atoms with Gasteiger partial charge in [0, 0.05) is 18.5 Å². The van der Waals surface area contributed by atoms with Crippen molar-refractivity contribution in [3.8, 4) is 0 Å². The third kappa shape index (κ3) is 3.36. The first kappa shape index (κ1) is 15.8. The molecule has 0 saturated carbocycles. The lowest BCUT2D eigenvalue weighted by Crippen LogP contribution is -2.17. The predicted molar refractivity (Wildman–Crippen MR) is 82.1 cm³/mol. The highest BCUT2D eigenvalue weighted by molar-refractivity contribution is 6.05. The Morgan fingerprint density at radius 2 is 1.91 bits per heavy atom. The average Bonchev–Trinajstić information content (AvgIpc) is 2.48. The topological polar surface area (TPSA) is 80.2 Å². The van der Waals surface area contributed by atoms with Gasteiger partial charge in [-0.15, -0.1) is 0 Å². The van der Waals surface area contributed by atoms with Gasteiger partial charge in [0.15, 0.2) is 11.5 Å². The number of benzene rings is 1. The molecule has 1 heterocycles. The van der Waals surface area contributed by atoms with Crippen molar-refractivity contribution in [2.45, 2.75) is 27.2 Å². The Bertz CT molecular complexity index is 724. The number of aryl methyl sites for hydroxylation is 1. The summed E-state index contributed by atoms with van der Waals surface area (Å²) in [6.07, 6.45) is 1.76. The van der Waals surface area contributed by atoms with Crippen LogP contribution in [0, 0.1) is 12.8 Å². The number of nitrogens with zero attached hydrogens (tertiary/aromatic N) is 2. The quantitative estimate of drug-likeness (QED) is 0.858. The molecule has 0 bridgehead atoms. The maximum atomic E-state index is 12.1. The van der Waals surface area contributed by atoms with Crippen LogP contribution in [-0.4, -0.2) is 26.8 Å². The molecule has 22 heavy (non-hydrogen) atoms. The minimum Gasteiger partial charge on any atom is -0.476 e. The number of ketones is 1. The van der Waals surface area contributed by atoms with Crippen LogP contribution in [0.5, 0.6) is 0 Å². The van der Waals surface area contributed by atoms with Crippen molar-refractivity contribution in [3.05, 3.63) is 58.7 Å². The normalized spacial score (nSPS) is 10.7. The number of carboxylic acid groups (broad SMARTS) is 1. The van der Waals surface area contributed by atoms with E-state index in [1.807, 2.05) is 31.2 Å². The Kier molecular flexibility index (Phi) is 4.65. The molecule has 5 heteroatoms. The average molecular weight is 298 g/mol. The van der Waals surface area contributed by atoms with Crippen LogP contribution >= 0.6 is 0 Å². The highest BCUT2D eigenvalue weighted by Gasteiger charge is 2.21. The Balaban J connectivity index is 2.40. The molecule has 0 fully saturated rings. The summed E-state index contributed by atoms with van der Waals surface area (Å²) in [4.78, 5) is 31.7. The standard InChI is InChI=1S/C17H18N2O3/c1-10(2)16(20)13-9-18-14(19-15(13)17(21)22)8-12-7-5-4-6-11(12)3/h4-7,9-10H,8H2,1-3H3,(H,21,22). The first-order valence-electron chi connectivity index (χ1n) is 7.08. The summed E-state index contributed by atoms with van der Waals surface area (Å²) >= 11 is 0. The van der Waals surface area contributed by atoms with Gasteiger partial charge < -0.3 is 5.11 Å². The zero-order valence-electron chi connectivity index (χ0n) is 12.8. The van der Waals surface area contributed by atoms with Crippen LogP contribution in [0.2, 0.25) is 0 Å². The van der Waals surface area contributed by atoms with Crippen molar-refractivity contribution in [2.24, 2.45) is 5.92 Å². The molecule has 1 aromatic heterocycles. The summed E-state index contributed by atoms with van der Waals surface area (Å²) in [5, 5.41) is 9.30. The molecule has 2 aromatic rings. The zero-order valence-corrected chi connectivity index (χ0v) is 12.8. The molecule has 0 saturated heterocycles. The molecule has 1 aromatic carbocycles. The number of hydrogen-bond acceptors (Lipinski definition) is 4. The molecule has 2 rings (SSSR count). The number of carboxylic acids is 1. The number of Topliss-reactive ketones (excluding diaryl/α,β-unsaturated/α-hetero) is 1. The van der Waals surface area contributed by atoms with Gasteiger partial charge in [0.25, 0.3) is 0 Å². The maximum absolute atomic E-state index is 12.1. The number of aromatic carboxylic acids is 1. The number of hydrogen-bond donors (Lipinski definition) is 1. The highest BCUT2D eigenvalue weighted by Crippen LogP contribution is 2.15. The van der Waals surface area contributed by atoms with Gasteiger partial charge in [-0.3, -0.25) is 4.79 Å². The van der Waals surface area contributed by atoms with Crippen LogP contribution < -0.4 is 0 Å². The van der Waals surface area contributed by atoms with E-state index in [1.54, 1.807) is 13.8 Å². The van der Waals surface area contributed by atoms with E-state index in [-0.39, 0.29) is 23.0 Å². The lowest BCUT2D eigenvalue weighted by atomic mass is 10.0. The van der Waals surface area contributed by atoms with E-state index in [2.05, 4.69) is 9.97 Å². The summed E-state index contributed by atoms with van der Waals surface area (Å²) in [5.74, 6) is -1.38. The molecule has 0 aliphatic heterocycles. The maximum Gasteiger partial charge on any atom is 0.355 e. The molecule has 0 radical (unpaired) electrons. The van der Waals surface area contributed by atoms with Crippen molar-refractivity contribution >= 4 is 11.8 Å². The SMILES string of the molecule is Cc1ccccc1Cc1ncc(C(=O)C(C)C)c(C(=O)O)n1. The van der Waals surface area contributed by atoms with Crippen molar-refractivity contribution in [1.82, 2.24) is 9.97 Å². The summed E-state index contributed by atoms with van der Waals surface area (Å²) in [7, 11) is 0. The number of aromatic nitrogens is 2. The van der Waals surface area contributed by atoms with E-state index in [0.717, 1.165) is 11.1 Å². The van der Waals surface area contributed by atoms with Gasteiger partial charge in [0.2, 0.25) is 0 Å². The second-order valence-corrected chi connectivity index (χ2v) is 5.48. The summed E-state index contributed by atoms with van der Waals surface area (Å²) in [5.41, 5.74) is 1.96. The lowest BCUT2D eigenvalue weighted by Gasteiger charge is -2.09. The fraction of sp³-hybridized carbons (Fsp3) is 0.294. The molecule has 0 amide bonds. The van der Waals surface area contributed by atoms with E-state index in [0.29, 0.717) is 12.2 Å². The smallest absolute Gasteiger partial charge is 0.355 e. The van der Waals surface area contributed by atoms with Gasteiger partial charge in [0.05, 0.1) is 5.56 Å². The minimum atomic E-state index is -1.21. The van der Waals surface area contributed by atoms with Gasteiger partial charge in [0.1, 0.15) is 5.82 Å². The Labute approximate surface area is 129 Å². The van der Waals surface area contributed by atoms with E-state index < -0.39 is 5.97 Å². The summed E-state index contributed by atoms with van der Waals surface area (Å²) < 4.78 is 0. The number of rotatable bonds is 5. The second kappa shape index (κ2) is 6.47.